The lowest BCUT2D eigenvalue weighted by molar-refractivity contribution is 0.619. The van der Waals surface area contributed by atoms with Gasteiger partial charge in [-0.2, -0.15) is 9.78 Å². The molecular formula is C24H29N7. The van der Waals surface area contributed by atoms with E-state index in [-0.39, 0.29) is 0 Å². The lowest BCUT2D eigenvalue weighted by atomic mass is 10.1. The Bertz CT molecular complexity index is 1170. The number of hydrogen-bond acceptors (Lipinski definition) is 6. The Morgan fingerprint density at radius 1 is 1.03 bits per heavy atom. The molecule has 0 amide bonds. The fraction of sp³-hybridized carbons (Fsp3) is 0.375. The van der Waals surface area contributed by atoms with E-state index in [1.807, 2.05) is 26.0 Å². The molecule has 0 N–H and O–H groups in total. The first-order valence-corrected chi connectivity index (χ1v) is 10.8. The minimum atomic E-state index is 0.612. The monoisotopic (exact) mass is 415 g/mol. The predicted molar refractivity (Wildman–Crippen MR) is 127 cm³/mol. The maximum absolute atomic E-state index is 4.92. The van der Waals surface area contributed by atoms with Gasteiger partial charge in [-0.3, -0.25) is 4.98 Å². The van der Waals surface area contributed by atoms with Crippen LogP contribution in [-0.2, 0) is 0 Å². The minimum absolute atomic E-state index is 0.612. The van der Waals surface area contributed by atoms with Gasteiger partial charge in [-0.25, -0.2) is 4.99 Å². The van der Waals surface area contributed by atoms with Crippen LogP contribution in [0, 0.1) is 19.8 Å². The van der Waals surface area contributed by atoms with Crippen LogP contribution in [0.4, 0.5) is 11.4 Å². The Hall–Kier alpha value is -3.35. The molecule has 0 saturated carbocycles. The van der Waals surface area contributed by atoms with E-state index >= 15 is 0 Å². The topological polar surface area (TPSA) is 71.6 Å². The van der Waals surface area contributed by atoms with Gasteiger partial charge >= 0.3 is 0 Å². The predicted octanol–water partition coefficient (Wildman–Crippen LogP) is 4.80. The van der Waals surface area contributed by atoms with Crippen molar-refractivity contribution in [3.8, 4) is 11.5 Å². The quantitative estimate of drug-likeness (QED) is 0.580. The van der Waals surface area contributed by atoms with Crippen LogP contribution in [0.2, 0.25) is 0 Å². The highest BCUT2D eigenvalue weighted by Gasteiger charge is 2.27. The molecule has 1 aromatic carbocycles. The Balaban J connectivity index is 1.68. The second-order valence-electron chi connectivity index (χ2n) is 8.43. The number of fused-ring (bicyclic) bond motifs is 1. The van der Waals surface area contributed by atoms with Crippen molar-refractivity contribution in [3.05, 3.63) is 53.5 Å². The van der Waals surface area contributed by atoms with Crippen LogP contribution in [0.3, 0.4) is 0 Å². The number of hydrogen-bond donors (Lipinski definition) is 0. The summed E-state index contributed by atoms with van der Waals surface area (Å²) in [6, 6.07) is 10.4. The number of anilines is 1. The Morgan fingerprint density at radius 2 is 1.81 bits per heavy atom. The lowest BCUT2D eigenvalue weighted by Gasteiger charge is -2.25. The van der Waals surface area contributed by atoms with Gasteiger partial charge in [0.1, 0.15) is 11.4 Å². The van der Waals surface area contributed by atoms with E-state index < -0.39 is 0 Å². The number of aliphatic imine (C=N–C) groups is 1. The summed E-state index contributed by atoms with van der Waals surface area (Å²) in [4.78, 5) is 11.7. The van der Waals surface area contributed by atoms with Crippen molar-refractivity contribution in [3.63, 3.8) is 0 Å². The summed E-state index contributed by atoms with van der Waals surface area (Å²) < 4.78 is 1.74. The minimum Gasteiger partial charge on any atom is -0.372 e. The first kappa shape index (κ1) is 20.9. The second-order valence-corrected chi connectivity index (χ2v) is 8.43. The summed E-state index contributed by atoms with van der Waals surface area (Å²) in [5.74, 6) is 1.89. The average molecular weight is 416 g/mol. The molecule has 0 aliphatic carbocycles. The Labute approximate surface area is 183 Å². The number of nitrogens with zero attached hydrogens (tertiary/aromatic N) is 7. The van der Waals surface area contributed by atoms with Gasteiger partial charge < -0.3 is 4.90 Å². The molecule has 31 heavy (non-hydrogen) atoms. The average Bonchev–Trinajstić information content (AvgIpc) is 3.26. The van der Waals surface area contributed by atoms with Gasteiger partial charge in [0, 0.05) is 25.0 Å². The van der Waals surface area contributed by atoms with Gasteiger partial charge in [0.15, 0.2) is 0 Å². The van der Waals surface area contributed by atoms with Crippen molar-refractivity contribution < 1.29 is 0 Å². The molecular weight excluding hydrogens is 386 g/mol. The molecule has 0 bridgehead atoms. The normalized spacial score (nSPS) is 14.3. The SMILES string of the molecule is CCN(CC(C)C)c1ccc(N=C2C(C)=Nn3c2nnc3-c2cc(C)ccn2)c(C)c1. The molecule has 0 radical (unpaired) electrons. The summed E-state index contributed by atoms with van der Waals surface area (Å²) in [5.41, 5.74) is 6.70. The third-order valence-corrected chi connectivity index (χ3v) is 5.33. The molecule has 7 nitrogen and oxygen atoms in total. The van der Waals surface area contributed by atoms with Crippen LogP contribution in [-0.4, -0.2) is 44.4 Å². The highest BCUT2D eigenvalue weighted by atomic mass is 15.5. The summed E-state index contributed by atoms with van der Waals surface area (Å²) in [5, 5.41) is 13.3. The number of aryl methyl sites for hydroxylation is 2. The summed E-state index contributed by atoms with van der Waals surface area (Å²) >= 11 is 0. The van der Waals surface area contributed by atoms with Crippen molar-refractivity contribution in [1.82, 2.24) is 19.9 Å². The van der Waals surface area contributed by atoms with Gasteiger partial charge in [0.25, 0.3) is 0 Å². The van der Waals surface area contributed by atoms with E-state index in [9.17, 15) is 0 Å². The van der Waals surface area contributed by atoms with Gasteiger partial charge in [0.2, 0.25) is 11.6 Å². The number of pyridine rings is 1. The van der Waals surface area contributed by atoms with E-state index in [0.29, 0.717) is 17.6 Å². The molecule has 1 aliphatic rings. The van der Waals surface area contributed by atoms with Gasteiger partial charge in [0.05, 0.1) is 11.4 Å². The fourth-order valence-electron chi connectivity index (χ4n) is 3.77. The molecule has 160 valence electrons. The molecule has 7 heteroatoms. The maximum Gasteiger partial charge on any atom is 0.205 e. The van der Waals surface area contributed by atoms with Crippen LogP contribution in [0.5, 0.6) is 0 Å². The molecule has 0 atom stereocenters. The fourth-order valence-corrected chi connectivity index (χ4v) is 3.77. The van der Waals surface area contributed by atoms with Crippen molar-refractivity contribution in [2.45, 2.75) is 41.5 Å². The van der Waals surface area contributed by atoms with E-state index in [0.717, 1.165) is 47.0 Å². The first-order chi connectivity index (χ1) is 14.9. The molecule has 0 spiro atoms. The molecule has 3 aromatic rings. The number of rotatable bonds is 6. The third kappa shape index (κ3) is 4.13. The molecule has 0 fully saturated rings. The molecule has 1 aliphatic heterocycles. The van der Waals surface area contributed by atoms with Crippen molar-refractivity contribution in [2.75, 3.05) is 18.0 Å². The lowest BCUT2D eigenvalue weighted by Crippen LogP contribution is -2.27. The van der Waals surface area contributed by atoms with E-state index in [2.05, 4.69) is 71.1 Å². The third-order valence-electron chi connectivity index (χ3n) is 5.33. The summed E-state index contributed by atoms with van der Waals surface area (Å²) in [6.45, 7) is 14.8. The zero-order valence-corrected chi connectivity index (χ0v) is 19.1. The van der Waals surface area contributed by atoms with E-state index in [4.69, 9.17) is 4.99 Å². The van der Waals surface area contributed by atoms with Gasteiger partial charge in [-0.15, -0.1) is 10.2 Å². The molecule has 0 unspecified atom stereocenters. The number of benzene rings is 1. The number of aromatic nitrogens is 4. The van der Waals surface area contributed by atoms with E-state index in [1.165, 1.54) is 5.69 Å². The van der Waals surface area contributed by atoms with Crippen LogP contribution < -0.4 is 4.90 Å². The largest absolute Gasteiger partial charge is 0.372 e. The smallest absolute Gasteiger partial charge is 0.205 e. The van der Waals surface area contributed by atoms with Gasteiger partial charge in [-0.05, 0) is 75.1 Å². The van der Waals surface area contributed by atoms with Gasteiger partial charge in [-0.1, -0.05) is 13.8 Å². The highest BCUT2D eigenvalue weighted by Crippen LogP contribution is 2.28. The molecule has 3 heterocycles. The molecule has 4 rings (SSSR count). The Morgan fingerprint density at radius 3 is 2.48 bits per heavy atom. The second kappa shape index (κ2) is 8.41. The van der Waals surface area contributed by atoms with Crippen molar-refractivity contribution >= 4 is 22.8 Å². The first-order valence-electron chi connectivity index (χ1n) is 10.8. The molecule has 0 saturated heterocycles. The van der Waals surface area contributed by atoms with Crippen LogP contribution in [0.15, 0.2) is 46.6 Å². The summed E-state index contributed by atoms with van der Waals surface area (Å²) in [6.07, 6.45) is 1.77. The van der Waals surface area contributed by atoms with Crippen LogP contribution >= 0.6 is 0 Å². The summed E-state index contributed by atoms with van der Waals surface area (Å²) in [7, 11) is 0. The zero-order chi connectivity index (χ0) is 22.1. The van der Waals surface area contributed by atoms with Crippen molar-refractivity contribution in [1.29, 1.82) is 0 Å². The highest BCUT2D eigenvalue weighted by molar-refractivity contribution is 6.48. The maximum atomic E-state index is 4.92. The zero-order valence-electron chi connectivity index (χ0n) is 19.1. The Kier molecular flexibility index (Phi) is 5.67. The standard InChI is InChI=1S/C24H29N7/c1-7-30(14-15(2)3)19-8-9-20(17(5)13-19)26-22-18(6)29-31-23(27-28-24(22)31)21-12-16(4)10-11-25-21/h8-13,15H,7,14H2,1-6H3. The van der Waals surface area contributed by atoms with Crippen LogP contribution in [0.25, 0.3) is 11.5 Å². The van der Waals surface area contributed by atoms with Crippen molar-refractivity contribution in [2.24, 2.45) is 16.0 Å². The van der Waals surface area contributed by atoms with E-state index in [1.54, 1.807) is 10.9 Å². The van der Waals surface area contributed by atoms with Crippen LogP contribution in [0.1, 0.15) is 44.6 Å². The molecule has 2 aromatic heterocycles.